The number of hydrogen-bond acceptors (Lipinski definition) is 1. The van der Waals surface area contributed by atoms with Crippen molar-refractivity contribution in [2.45, 2.75) is 6.42 Å². The highest BCUT2D eigenvalue weighted by Crippen LogP contribution is 2.22. The molecule has 0 saturated carbocycles. The van der Waals surface area contributed by atoms with E-state index in [1.807, 2.05) is 30.3 Å². The predicted molar refractivity (Wildman–Crippen MR) is 80.7 cm³/mol. The van der Waals surface area contributed by atoms with Gasteiger partial charge < -0.3 is 4.98 Å². The molecule has 0 fully saturated rings. The van der Waals surface area contributed by atoms with E-state index >= 15 is 0 Å². The summed E-state index contributed by atoms with van der Waals surface area (Å²) in [5.74, 6) is 0.985. The van der Waals surface area contributed by atoms with Crippen molar-refractivity contribution in [3.05, 3.63) is 62.8 Å². The molecule has 3 rings (SSSR count). The second-order valence-electron chi connectivity index (χ2n) is 4.12. The van der Waals surface area contributed by atoms with Crippen LogP contribution >= 0.6 is 31.9 Å². The average Bonchev–Trinajstić information content (AvgIpc) is 2.76. The molecule has 0 saturated heterocycles. The van der Waals surface area contributed by atoms with Gasteiger partial charge in [0.15, 0.2) is 0 Å². The number of nitrogens with one attached hydrogen (secondary N) is 1. The minimum atomic E-state index is 0.814. The molecule has 0 unspecified atom stereocenters. The van der Waals surface area contributed by atoms with Crippen molar-refractivity contribution in [3.8, 4) is 0 Å². The molecule has 0 bridgehead atoms. The lowest BCUT2D eigenvalue weighted by Crippen LogP contribution is -1.89. The van der Waals surface area contributed by atoms with Crippen LogP contribution in [0.15, 0.2) is 51.4 Å². The fourth-order valence-corrected chi connectivity index (χ4v) is 2.65. The normalized spacial score (nSPS) is 11.0. The minimum absolute atomic E-state index is 0.814. The van der Waals surface area contributed by atoms with Gasteiger partial charge in [-0.15, -0.1) is 0 Å². The fourth-order valence-electron chi connectivity index (χ4n) is 1.93. The Bertz CT molecular complexity index is 687. The number of halogens is 2. The van der Waals surface area contributed by atoms with Gasteiger partial charge >= 0.3 is 0 Å². The summed E-state index contributed by atoms with van der Waals surface area (Å²) in [5, 5.41) is 0. The van der Waals surface area contributed by atoms with Crippen molar-refractivity contribution in [2.24, 2.45) is 0 Å². The Kier molecular flexibility index (Phi) is 3.22. The first-order chi connectivity index (χ1) is 8.72. The van der Waals surface area contributed by atoms with Crippen LogP contribution in [0.3, 0.4) is 0 Å². The summed E-state index contributed by atoms with van der Waals surface area (Å²) >= 11 is 6.96. The first-order valence-corrected chi connectivity index (χ1v) is 7.18. The Hall–Kier alpha value is -1.13. The number of rotatable bonds is 2. The van der Waals surface area contributed by atoms with E-state index in [0.29, 0.717) is 0 Å². The molecule has 0 amide bonds. The van der Waals surface area contributed by atoms with Crippen LogP contribution < -0.4 is 0 Å². The van der Waals surface area contributed by atoms with Gasteiger partial charge in [0.25, 0.3) is 0 Å². The Labute approximate surface area is 122 Å². The molecule has 1 N–H and O–H groups in total. The van der Waals surface area contributed by atoms with E-state index in [2.05, 4.69) is 54.0 Å². The average molecular weight is 366 g/mol. The van der Waals surface area contributed by atoms with Gasteiger partial charge in [-0.1, -0.05) is 34.1 Å². The van der Waals surface area contributed by atoms with Crippen molar-refractivity contribution < 1.29 is 0 Å². The van der Waals surface area contributed by atoms with Gasteiger partial charge in [0.1, 0.15) is 11.3 Å². The number of aromatic amines is 1. The third-order valence-electron chi connectivity index (χ3n) is 2.80. The Morgan fingerprint density at radius 3 is 2.50 bits per heavy atom. The van der Waals surface area contributed by atoms with E-state index in [9.17, 15) is 0 Å². The summed E-state index contributed by atoms with van der Waals surface area (Å²) in [6.45, 7) is 0. The Morgan fingerprint density at radius 1 is 1.00 bits per heavy atom. The molecule has 0 radical (unpaired) electrons. The molecule has 0 aliphatic rings. The van der Waals surface area contributed by atoms with Crippen LogP contribution in [-0.4, -0.2) is 9.97 Å². The van der Waals surface area contributed by atoms with Gasteiger partial charge in [-0.2, -0.15) is 0 Å². The second-order valence-corrected chi connectivity index (χ2v) is 5.89. The maximum absolute atomic E-state index is 4.62. The van der Waals surface area contributed by atoms with Crippen LogP contribution in [0.1, 0.15) is 11.4 Å². The third-order valence-corrected chi connectivity index (χ3v) is 3.97. The zero-order valence-electron chi connectivity index (χ0n) is 9.45. The summed E-state index contributed by atoms with van der Waals surface area (Å²) in [7, 11) is 0. The zero-order chi connectivity index (χ0) is 12.5. The van der Waals surface area contributed by atoms with Gasteiger partial charge in [0.05, 0.1) is 5.52 Å². The molecule has 18 heavy (non-hydrogen) atoms. The standard InChI is InChI=1S/C14H10Br2N2/c15-10-6-4-9(5-7-10)8-13-17-12-3-1-2-11(16)14(12)18-13/h1-7H,8H2,(H,17,18). The number of H-pyrrole nitrogens is 1. The first kappa shape index (κ1) is 11.9. The maximum Gasteiger partial charge on any atom is 0.111 e. The predicted octanol–water partition coefficient (Wildman–Crippen LogP) is 4.68. The van der Waals surface area contributed by atoms with E-state index in [0.717, 1.165) is 32.2 Å². The molecule has 90 valence electrons. The molecule has 0 aliphatic heterocycles. The number of imidazole rings is 1. The SMILES string of the molecule is Brc1ccc(Cc2nc3c(Br)cccc3[nH]2)cc1. The van der Waals surface area contributed by atoms with Crippen LogP contribution in [-0.2, 0) is 6.42 Å². The molecule has 2 nitrogen and oxygen atoms in total. The molecule has 1 heterocycles. The number of fused-ring (bicyclic) bond motifs is 1. The summed E-state index contributed by atoms with van der Waals surface area (Å²) in [6.07, 6.45) is 0.814. The Morgan fingerprint density at radius 2 is 1.78 bits per heavy atom. The van der Waals surface area contributed by atoms with E-state index < -0.39 is 0 Å². The quantitative estimate of drug-likeness (QED) is 0.701. The molecule has 0 atom stereocenters. The number of para-hydroxylation sites is 1. The molecule has 1 aromatic heterocycles. The van der Waals surface area contributed by atoms with Gasteiger partial charge in [0.2, 0.25) is 0 Å². The molecule has 4 heteroatoms. The number of aromatic nitrogens is 2. The monoisotopic (exact) mass is 364 g/mol. The summed E-state index contributed by atoms with van der Waals surface area (Å²) in [6, 6.07) is 14.4. The maximum atomic E-state index is 4.62. The van der Waals surface area contributed by atoms with Crippen molar-refractivity contribution in [3.63, 3.8) is 0 Å². The third kappa shape index (κ3) is 2.35. The van der Waals surface area contributed by atoms with Crippen molar-refractivity contribution in [1.82, 2.24) is 9.97 Å². The van der Waals surface area contributed by atoms with Crippen molar-refractivity contribution in [2.75, 3.05) is 0 Å². The molecule has 0 spiro atoms. The van der Waals surface area contributed by atoms with Crippen LogP contribution in [0.5, 0.6) is 0 Å². The minimum Gasteiger partial charge on any atom is -0.342 e. The lowest BCUT2D eigenvalue weighted by Gasteiger charge is -1.97. The fraction of sp³-hybridized carbons (Fsp3) is 0.0714. The molecule has 2 aromatic carbocycles. The van der Waals surface area contributed by atoms with E-state index in [1.165, 1.54) is 5.56 Å². The van der Waals surface area contributed by atoms with E-state index in [-0.39, 0.29) is 0 Å². The highest BCUT2D eigenvalue weighted by atomic mass is 79.9. The summed E-state index contributed by atoms with van der Waals surface area (Å²) in [5.41, 5.74) is 3.30. The van der Waals surface area contributed by atoms with Crippen LogP contribution in [0, 0.1) is 0 Å². The van der Waals surface area contributed by atoms with Crippen LogP contribution in [0.25, 0.3) is 11.0 Å². The number of benzene rings is 2. The lowest BCUT2D eigenvalue weighted by molar-refractivity contribution is 1.04. The second kappa shape index (κ2) is 4.86. The Balaban J connectivity index is 1.95. The zero-order valence-corrected chi connectivity index (χ0v) is 12.6. The number of hydrogen-bond donors (Lipinski definition) is 1. The van der Waals surface area contributed by atoms with Gasteiger partial charge in [-0.25, -0.2) is 4.98 Å². The van der Waals surface area contributed by atoms with Crippen LogP contribution in [0.4, 0.5) is 0 Å². The van der Waals surface area contributed by atoms with Crippen molar-refractivity contribution >= 4 is 42.9 Å². The summed E-state index contributed by atoms with van der Waals surface area (Å²) in [4.78, 5) is 7.96. The number of nitrogens with zero attached hydrogens (tertiary/aromatic N) is 1. The van der Waals surface area contributed by atoms with Gasteiger partial charge in [0, 0.05) is 15.4 Å². The van der Waals surface area contributed by atoms with Gasteiger partial charge in [-0.05, 0) is 45.8 Å². The summed E-state index contributed by atoms with van der Waals surface area (Å²) < 4.78 is 2.12. The largest absolute Gasteiger partial charge is 0.342 e. The van der Waals surface area contributed by atoms with Crippen molar-refractivity contribution in [1.29, 1.82) is 0 Å². The van der Waals surface area contributed by atoms with E-state index in [4.69, 9.17) is 0 Å². The van der Waals surface area contributed by atoms with E-state index in [1.54, 1.807) is 0 Å². The van der Waals surface area contributed by atoms with Gasteiger partial charge in [-0.3, -0.25) is 0 Å². The molecular weight excluding hydrogens is 356 g/mol. The highest BCUT2D eigenvalue weighted by Gasteiger charge is 2.06. The molecule has 0 aliphatic carbocycles. The lowest BCUT2D eigenvalue weighted by atomic mass is 10.1. The highest BCUT2D eigenvalue weighted by molar-refractivity contribution is 9.11. The molecular formula is C14H10Br2N2. The molecule has 3 aromatic rings. The van der Waals surface area contributed by atoms with Crippen LogP contribution in [0.2, 0.25) is 0 Å². The topological polar surface area (TPSA) is 28.7 Å². The smallest absolute Gasteiger partial charge is 0.111 e. The first-order valence-electron chi connectivity index (χ1n) is 5.60.